The summed E-state index contributed by atoms with van der Waals surface area (Å²) in [5.41, 5.74) is 0.686. The number of carbonyl (C=O) groups excluding carboxylic acids is 1. The van der Waals surface area contributed by atoms with Crippen molar-refractivity contribution in [2.75, 3.05) is 27.2 Å². The van der Waals surface area contributed by atoms with Crippen LogP contribution in [0.15, 0.2) is 22.7 Å². The summed E-state index contributed by atoms with van der Waals surface area (Å²) in [6.45, 7) is 1.62. The third-order valence-electron chi connectivity index (χ3n) is 3.35. The van der Waals surface area contributed by atoms with Gasteiger partial charge in [0.25, 0.3) is 5.91 Å². The van der Waals surface area contributed by atoms with Crippen LogP contribution in [0.5, 0.6) is 0 Å². The second kappa shape index (κ2) is 5.59. The molecule has 3 nitrogen and oxygen atoms in total. The third kappa shape index (κ3) is 2.87. The summed E-state index contributed by atoms with van der Waals surface area (Å²) < 4.78 is 0.762. The summed E-state index contributed by atoms with van der Waals surface area (Å²) in [5, 5.41) is 0.624. The summed E-state index contributed by atoms with van der Waals surface area (Å²) in [4.78, 5) is 16.4. The first-order chi connectivity index (χ1) is 8.49. The molecule has 1 fully saturated rings. The molecule has 0 spiro atoms. The molecule has 1 atom stereocenters. The standard InChI is InChI=1S/C13H16BrClN2O/c1-16(2)10-5-6-17(8-10)13(18)9-3-4-12(15)11(14)7-9/h3-4,7,10H,5-6,8H2,1-2H3. The fourth-order valence-corrected chi connectivity index (χ4v) is 2.66. The normalized spacial score (nSPS) is 19.6. The molecule has 1 aromatic rings. The maximum absolute atomic E-state index is 12.3. The number of halogens is 2. The van der Waals surface area contributed by atoms with Crippen LogP contribution in [0.4, 0.5) is 0 Å². The van der Waals surface area contributed by atoms with Gasteiger partial charge >= 0.3 is 0 Å². The summed E-state index contributed by atoms with van der Waals surface area (Å²) in [6.07, 6.45) is 1.04. The van der Waals surface area contributed by atoms with Gasteiger partial charge in [-0.25, -0.2) is 0 Å². The van der Waals surface area contributed by atoms with Crippen molar-refractivity contribution >= 4 is 33.4 Å². The van der Waals surface area contributed by atoms with E-state index in [2.05, 4.69) is 34.9 Å². The van der Waals surface area contributed by atoms with Crippen molar-refractivity contribution in [3.63, 3.8) is 0 Å². The van der Waals surface area contributed by atoms with E-state index < -0.39 is 0 Å². The molecule has 1 aromatic carbocycles. The minimum atomic E-state index is 0.0803. The molecule has 0 radical (unpaired) electrons. The first-order valence-corrected chi connectivity index (χ1v) is 7.07. The average Bonchev–Trinajstić information content (AvgIpc) is 2.81. The molecule has 0 N–H and O–H groups in total. The Bertz CT molecular complexity index is 464. The van der Waals surface area contributed by atoms with Crippen molar-refractivity contribution < 1.29 is 4.79 Å². The topological polar surface area (TPSA) is 23.6 Å². The lowest BCUT2D eigenvalue weighted by molar-refractivity contribution is 0.0783. The fourth-order valence-electron chi connectivity index (χ4n) is 2.16. The van der Waals surface area contributed by atoms with Gasteiger partial charge in [0.15, 0.2) is 0 Å². The van der Waals surface area contributed by atoms with Gasteiger partial charge < -0.3 is 9.80 Å². The highest BCUT2D eigenvalue weighted by molar-refractivity contribution is 9.10. The first kappa shape index (κ1) is 13.8. The maximum Gasteiger partial charge on any atom is 0.253 e. The van der Waals surface area contributed by atoms with E-state index in [9.17, 15) is 4.79 Å². The van der Waals surface area contributed by atoms with Crippen molar-refractivity contribution in [1.29, 1.82) is 0 Å². The molecule has 1 aliphatic rings. The number of hydrogen-bond acceptors (Lipinski definition) is 2. The molecule has 98 valence electrons. The molecule has 1 aliphatic heterocycles. The minimum Gasteiger partial charge on any atom is -0.337 e. The Morgan fingerprint density at radius 2 is 2.22 bits per heavy atom. The molecule has 0 bridgehead atoms. The fraction of sp³-hybridized carbons (Fsp3) is 0.462. The van der Waals surface area contributed by atoms with Gasteiger partial charge in [0, 0.05) is 29.2 Å². The Morgan fingerprint density at radius 3 is 2.78 bits per heavy atom. The molecule has 1 saturated heterocycles. The number of carbonyl (C=O) groups is 1. The van der Waals surface area contributed by atoms with Crippen molar-refractivity contribution in [3.8, 4) is 0 Å². The van der Waals surface area contributed by atoms with Gasteiger partial charge in [0.05, 0.1) is 5.02 Å². The number of nitrogens with zero attached hydrogens (tertiary/aromatic N) is 2. The van der Waals surface area contributed by atoms with Gasteiger partial charge in [-0.2, -0.15) is 0 Å². The average molecular weight is 332 g/mol. The minimum absolute atomic E-state index is 0.0803. The molecule has 0 aliphatic carbocycles. The molecule has 0 saturated carbocycles. The van der Waals surface area contributed by atoms with E-state index in [1.54, 1.807) is 18.2 Å². The van der Waals surface area contributed by atoms with E-state index in [1.165, 1.54) is 0 Å². The maximum atomic E-state index is 12.3. The van der Waals surface area contributed by atoms with Crippen LogP contribution >= 0.6 is 27.5 Å². The monoisotopic (exact) mass is 330 g/mol. The van der Waals surface area contributed by atoms with Gasteiger partial charge in [-0.1, -0.05) is 11.6 Å². The van der Waals surface area contributed by atoms with E-state index >= 15 is 0 Å². The second-order valence-corrected chi connectivity index (χ2v) is 6.05. The smallest absolute Gasteiger partial charge is 0.253 e. The SMILES string of the molecule is CN(C)C1CCN(C(=O)c2ccc(Cl)c(Br)c2)C1. The molecule has 1 unspecified atom stereocenters. The second-order valence-electron chi connectivity index (χ2n) is 4.79. The summed E-state index contributed by atoms with van der Waals surface area (Å²) in [7, 11) is 4.11. The zero-order valence-electron chi connectivity index (χ0n) is 10.5. The van der Waals surface area contributed by atoms with Crippen molar-refractivity contribution in [2.24, 2.45) is 0 Å². The predicted molar refractivity (Wildman–Crippen MR) is 77.1 cm³/mol. The lowest BCUT2D eigenvalue weighted by Gasteiger charge is -2.20. The zero-order valence-corrected chi connectivity index (χ0v) is 12.8. The summed E-state index contributed by atoms with van der Waals surface area (Å²) in [5.74, 6) is 0.0803. The Morgan fingerprint density at radius 1 is 1.50 bits per heavy atom. The predicted octanol–water partition coefficient (Wildman–Crippen LogP) is 2.88. The summed E-state index contributed by atoms with van der Waals surface area (Å²) >= 11 is 9.28. The Balaban J connectivity index is 2.10. The highest BCUT2D eigenvalue weighted by Gasteiger charge is 2.28. The number of amides is 1. The molecule has 2 rings (SSSR count). The van der Waals surface area contributed by atoms with E-state index in [0.717, 1.165) is 24.0 Å². The number of hydrogen-bond donors (Lipinski definition) is 0. The Hall–Kier alpha value is -0.580. The number of benzene rings is 1. The van der Waals surface area contributed by atoms with E-state index in [4.69, 9.17) is 11.6 Å². The van der Waals surface area contributed by atoms with E-state index in [0.29, 0.717) is 16.6 Å². The van der Waals surface area contributed by atoms with Crippen molar-refractivity contribution in [3.05, 3.63) is 33.3 Å². The van der Waals surface area contributed by atoms with Crippen LogP contribution in [-0.2, 0) is 0 Å². The van der Waals surface area contributed by atoms with Crippen LogP contribution < -0.4 is 0 Å². The highest BCUT2D eigenvalue weighted by Crippen LogP contribution is 2.25. The quantitative estimate of drug-likeness (QED) is 0.832. The van der Waals surface area contributed by atoms with E-state index in [-0.39, 0.29) is 5.91 Å². The van der Waals surface area contributed by atoms with Crippen LogP contribution in [-0.4, -0.2) is 48.9 Å². The van der Waals surface area contributed by atoms with Gasteiger partial charge in [-0.3, -0.25) is 4.79 Å². The zero-order chi connectivity index (χ0) is 13.3. The van der Waals surface area contributed by atoms with Crippen molar-refractivity contribution in [2.45, 2.75) is 12.5 Å². The molecule has 1 amide bonds. The third-order valence-corrected chi connectivity index (χ3v) is 4.56. The molecule has 1 heterocycles. The molecule has 18 heavy (non-hydrogen) atoms. The number of likely N-dealkylation sites (N-methyl/N-ethyl adjacent to an activating group) is 1. The largest absolute Gasteiger partial charge is 0.337 e. The number of rotatable bonds is 2. The highest BCUT2D eigenvalue weighted by atomic mass is 79.9. The van der Waals surface area contributed by atoms with Crippen molar-refractivity contribution in [1.82, 2.24) is 9.80 Å². The van der Waals surface area contributed by atoms with Crippen LogP contribution in [0, 0.1) is 0 Å². The summed E-state index contributed by atoms with van der Waals surface area (Å²) in [6, 6.07) is 5.77. The Labute approximate surface area is 121 Å². The van der Waals surface area contributed by atoms with Gasteiger partial charge in [-0.05, 0) is 54.6 Å². The van der Waals surface area contributed by atoms with Crippen LogP contribution in [0.2, 0.25) is 5.02 Å². The first-order valence-electron chi connectivity index (χ1n) is 5.90. The lowest BCUT2D eigenvalue weighted by atomic mass is 10.2. The molecule has 0 aromatic heterocycles. The Kier molecular flexibility index (Phi) is 4.30. The molecule has 5 heteroatoms. The van der Waals surface area contributed by atoms with Crippen LogP contribution in [0.1, 0.15) is 16.8 Å². The van der Waals surface area contributed by atoms with Crippen LogP contribution in [0.3, 0.4) is 0 Å². The lowest BCUT2D eigenvalue weighted by Crippen LogP contribution is -2.34. The van der Waals surface area contributed by atoms with Gasteiger partial charge in [0.2, 0.25) is 0 Å². The molecular formula is C13H16BrClN2O. The van der Waals surface area contributed by atoms with Crippen LogP contribution in [0.25, 0.3) is 0 Å². The molecular weight excluding hydrogens is 316 g/mol. The number of likely N-dealkylation sites (tertiary alicyclic amines) is 1. The van der Waals surface area contributed by atoms with Gasteiger partial charge in [0.1, 0.15) is 0 Å². The van der Waals surface area contributed by atoms with E-state index in [1.807, 2.05) is 4.90 Å². The van der Waals surface area contributed by atoms with Gasteiger partial charge in [-0.15, -0.1) is 0 Å².